The molecule has 2 aromatic carbocycles. The van der Waals surface area contributed by atoms with Crippen LogP contribution in [0.3, 0.4) is 0 Å². The fourth-order valence-corrected chi connectivity index (χ4v) is 3.76. The number of fused-ring (bicyclic) bond motifs is 3. The van der Waals surface area contributed by atoms with Crippen molar-refractivity contribution in [3.05, 3.63) is 54.1 Å². The predicted molar refractivity (Wildman–Crippen MR) is 90.7 cm³/mol. The summed E-state index contributed by atoms with van der Waals surface area (Å²) < 4.78 is 5.19. The number of nitrogens with zero attached hydrogens (tertiary/aromatic N) is 2. The van der Waals surface area contributed by atoms with E-state index in [0.717, 1.165) is 4.90 Å². The number of anilines is 2. The summed E-state index contributed by atoms with van der Waals surface area (Å²) in [6, 6.07) is 13.0. The lowest BCUT2D eigenvalue weighted by atomic mass is 9.95. The number of amides is 2. The van der Waals surface area contributed by atoms with Gasteiger partial charge in [0.05, 0.1) is 30.0 Å². The van der Waals surface area contributed by atoms with E-state index in [9.17, 15) is 19.5 Å². The second-order valence-corrected chi connectivity index (χ2v) is 6.19. The lowest BCUT2D eigenvalue weighted by Crippen LogP contribution is -2.71. The van der Waals surface area contributed by atoms with Crippen molar-refractivity contribution in [2.24, 2.45) is 0 Å². The van der Waals surface area contributed by atoms with Crippen LogP contribution in [0.1, 0.15) is 23.2 Å². The zero-order valence-corrected chi connectivity index (χ0v) is 14.0. The Bertz CT molecular complexity index is 941. The summed E-state index contributed by atoms with van der Waals surface area (Å²) in [6.45, 7) is 0. The summed E-state index contributed by atoms with van der Waals surface area (Å²) >= 11 is 0. The molecule has 1 fully saturated rings. The molecule has 132 valence electrons. The third-order valence-electron chi connectivity index (χ3n) is 4.89. The minimum Gasteiger partial charge on any atom is -0.545 e. The number of carbonyl (C=O) groups is 3. The van der Waals surface area contributed by atoms with Gasteiger partial charge in [-0.15, -0.1) is 0 Å². The van der Waals surface area contributed by atoms with Crippen LogP contribution in [0.5, 0.6) is 5.75 Å². The van der Waals surface area contributed by atoms with Gasteiger partial charge in [-0.2, -0.15) is 0 Å². The van der Waals surface area contributed by atoms with Gasteiger partial charge in [0.25, 0.3) is 5.91 Å². The first kappa shape index (κ1) is 16.1. The standard InChI is InChI=1S/C19H16N2O5/c1-26-13-6-4-5-12(11-13)20-17(23)14-7-2-3-8-15(14)21-16(22)9-10-19(20,21)18(24)25/h2-8,11H,9-10H2,1H3,(H,24,25)/p-1/t19-/m0/s1. The third-order valence-corrected chi connectivity index (χ3v) is 4.89. The molecule has 0 aromatic heterocycles. The molecule has 0 aliphatic carbocycles. The van der Waals surface area contributed by atoms with Gasteiger partial charge in [0.2, 0.25) is 5.91 Å². The molecule has 2 heterocycles. The molecule has 0 radical (unpaired) electrons. The van der Waals surface area contributed by atoms with E-state index in [-0.39, 0.29) is 24.3 Å². The Morgan fingerprint density at radius 2 is 1.88 bits per heavy atom. The van der Waals surface area contributed by atoms with E-state index in [1.165, 1.54) is 12.0 Å². The van der Waals surface area contributed by atoms with Crippen LogP contribution in [0.4, 0.5) is 11.4 Å². The highest BCUT2D eigenvalue weighted by Gasteiger charge is 2.57. The fourth-order valence-electron chi connectivity index (χ4n) is 3.76. The molecule has 2 aliphatic rings. The van der Waals surface area contributed by atoms with E-state index in [1.807, 2.05) is 0 Å². The third kappa shape index (κ3) is 1.97. The van der Waals surface area contributed by atoms with Crippen LogP contribution in [-0.2, 0) is 9.59 Å². The number of rotatable bonds is 3. The number of carboxylic acid groups (broad SMARTS) is 1. The Morgan fingerprint density at radius 3 is 2.62 bits per heavy atom. The largest absolute Gasteiger partial charge is 0.545 e. The van der Waals surface area contributed by atoms with Gasteiger partial charge in [-0.05, 0) is 24.3 Å². The van der Waals surface area contributed by atoms with Gasteiger partial charge in [0.1, 0.15) is 5.75 Å². The topological polar surface area (TPSA) is 90.0 Å². The summed E-state index contributed by atoms with van der Waals surface area (Å²) in [7, 11) is 1.48. The van der Waals surface area contributed by atoms with Gasteiger partial charge in [-0.25, -0.2) is 0 Å². The first-order chi connectivity index (χ1) is 12.5. The molecule has 0 saturated carbocycles. The zero-order chi connectivity index (χ0) is 18.5. The van der Waals surface area contributed by atoms with Crippen molar-refractivity contribution < 1.29 is 24.2 Å². The second-order valence-electron chi connectivity index (χ2n) is 6.19. The summed E-state index contributed by atoms with van der Waals surface area (Å²) in [5.74, 6) is -1.88. The van der Waals surface area contributed by atoms with Gasteiger partial charge < -0.3 is 14.6 Å². The minimum absolute atomic E-state index is 0.00998. The maximum absolute atomic E-state index is 13.2. The van der Waals surface area contributed by atoms with Crippen molar-refractivity contribution in [2.75, 3.05) is 16.9 Å². The predicted octanol–water partition coefficient (Wildman–Crippen LogP) is 0.929. The minimum atomic E-state index is -1.89. The first-order valence-corrected chi connectivity index (χ1v) is 8.13. The maximum Gasteiger partial charge on any atom is 0.262 e. The van der Waals surface area contributed by atoms with Crippen LogP contribution in [0, 0.1) is 0 Å². The molecular formula is C19H15N2O5-. The van der Waals surface area contributed by atoms with Crippen molar-refractivity contribution in [1.29, 1.82) is 0 Å². The van der Waals surface area contributed by atoms with Crippen molar-refractivity contribution in [3.63, 3.8) is 0 Å². The smallest absolute Gasteiger partial charge is 0.262 e. The summed E-state index contributed by atoms with van der Waals surface area (Å²) in [5, 5.41) is 12.3. The number of benzene rings is 2. The number of hydrogen-bond donors (Lipinski definition) is 0. The molecule has 4 rings (SSSR count). The number of para-hydroxylation sites is 1. The molecule has 0 unspecified atom stereocenters. The molecule has 2 aliphatic heterocycles. The molecular weight excluding hydrogens is 336 g/mol. The average Bonchev–Trinajstić information content (AvgIpc) is 3.01. The molecule has 1 atom stereocenters. The first-order valence-electron chi connectivity index (χ1n) is 8.13. The summed E-state index contributed by atoms with van der Waals surface area (Å²) in [6.07, 6.45) is -0.0402. The van der Waals surface area contributed by atoms with E-state index >= 15 is 0 Å². The second kappa shape index (κ2) is 5.59. The van der Waals surface area contributed by atoms with Crippen LogP contribution in [0.15, 0.2) is 48.5 Å². The van der Waals surface area contributed by atoms with E-state index in [2.05, 4.69) is 0 Å². The van der Waals surface area contributed by atoms with Gasteiger partial charge in [-0.3, -0.25) is 19.4 Å². The van der Waals surface area contributed by atoms with E-state index in [0.29, 0.717) is 17.1 Å². The van der Waals surface area contributed by atoms with E-state index < -0.39 is 17.5 Å². The molecule has 2 aromatic rings. The quantitative estimate of drug-likeness (QED) is 0.821. The molecule has 7 nitrogen and oxygen atoms in total. The Balaban J connectivity index is 2.01. The monoisotopic (exact) mass is 351 g/mol. The van der Waals surface area contributed by atoms with Crippen molar-refractivity contribution >= 4 is 29.2 Å². The Kier molecular flexibility index (Phi) is 3.47. The average molecular weight is 351 g/mol. The van der Waals surface area contributed by atoms with Crippen molar-refractivity contribution in [2.45, 2.75) is 18.5 Å². The normalized spacial score (nSPS) is 21.4. The van der Waals surface area contributed by atoms with Crippen LogP contribution in [-0.4, -0.2) is 30.6 Å². The highest BCUT2D eigenvalue weighted by molar-refractivity contribution is 6.22. The fraction of sp³-hybridized carbons (Fsp3) is 0.211. The number of carbonyl (C=O) groups excluding carboxylic acids is 3. The number of carboxylic acids is 1. The van der Waals surface area contributed by atoms with Crippen molar-refractivity contribution in [3.8, 4) is 5.75 Å². The van der Waals surface area contributed by atoms with Gasteiger partial charge in [0, 0.05) is 18.9 Å². The SMILES string of the molecule is COc1cccc(N2C(=O)c3ccccc3N3C(=O)CC[C@]23C(=O)[O-])c1. The van der Waals surface area contributed by atoms with Crippen LogP contribution >= 0.6 is 0 Å². The lowest BCUT2D eigenvalue weighted by molar-refractivity contribution is -0.312. The Labute approximate surface area is 149 Å². The van der Waals surface area contributed by atoms with E-state index in [4.69, 9.17) is 4.74 Å². The number of methoxy groups -OCH3 is 1. The van der Waals surface area contributed by atoms with Crippen LogP contribution < -0.4 is 19.6 Å². The Hall–Kier alpha value is -3.35. The van der Waals surface area contributed by atoms with Gasteiger partial charge in [-0.1, -0.05) is 18.2 Å². The van der Waals surface area contributed by atoms with Crippen LogP contribution in [0.2, 0.25) is 0 Å². The molecule has 7 heteroatoms. The summed E-state index contributed by atoms with van der Waals surface area (Å²) in [5.41, 5.74) is -1.01. The maximum atomic E-state index is 13.2. The van der Waals surface area contributed by atoms with Crippen LogP contribution in [0.25, 0.3) is 0 Å². The molecule has 0 spiro atoms. The van der Waals surface area contributed by atoms with Gasteiger partial charge in [0.15, 0.2) is 5.66 Å². The number of aliphatic carboxylic acids is 1. The molecule has 1 saturated heterocycles. The van der Waals surface area contributed by atoms with Gasteiger partial charge >= 0.3 is 0 Å². The highest BCUT2D eigenvalue weighted by atomic mass is 16.5. The summed E-state index contributed by atoms with van der Waals surface area (Å²) in [4.78, 5) is 40.4. The molecule has 0 N–H and O–H groups in total. The Morgan fingerprint density at radius 1 is 1.12 bits per heavy atom. The molecule has 2 amide bonds. The number of ether oxygens (including phenoxy) is 1. The van der Waals surface area contributed by atoms with Crippen molar-refractivity contribution in [1.82, 2.24) is 0 Å². The number of hydrogen-bond acceptors (Lipinski definition) is 5. The van der Waals surface area contributed by atoms with E-state index in [1.54, 1.807) is 48.5 Å². The molecule has 26 heavy (non-hydrogen) atoms. The lowest BCUT2D eigenvalue weighted by Gasteiger charge is -2.50. The zero-order valence-electron chi connectivity index (χ0n) is 14.0. The highest BCUT2D eigenvalue weighted by Crippen LogP contribution is 2.46. The molecule has 0 bridgehead atoms.